The molecule has 100 valence electrons. The van der Waals surface area contributed by atoms with Gasteiger partial charge in [-0.05, 0) is 48.9 Å². The Balaban J connectivity index is 2.79. The summed E-state index contributed by atoms with van der Waals surface area (Å²) in [6, 6.07) is 4.04. The van der Waals surface area contributed by atoms with Crippen molar-refractivity contribution in [2.24, 2.45) is 5.92 Å². The van der Waals surface area contributed by atoms with E-state index in [1.54, 1.807) is 0 Å². The van der Waals surface area contributed by atoms with E-state index in [0.29, 0.717) is 18.9 Å². The second-order valence-corrected chi connectivity index (χ2v) is 5.14. The minimum absolute atomic E-state index is 0.173. The van der Waals surface area contributed by atoms with E-state index in [4.69, 9.17) is 9.84 Å². The summed E-state index contributed by atoms with van der Waals surface area (Å²) in [5.41, 5.74) is 3.26. The van der Waals surface area contributed by atoms with Crippen LogP contribution < -0.4 is 4.74 Å². The van der Waals surface area contributed by atoms with Crippen molar-refractivity contribution in [1.82, 2.24) is 0 Å². The Morgan fingerprint density at radius 1 is 1.28 bits per heavy atom. The quantitative estimate of drug-likeness (QED) is 0.842. The van der Waals surface area contributed by atoms with Gasteiger partial charge in [0.1, 0.15) is 5.75 Å². The molecule has 1 rings (SSSR count). The zero-order valence-electron chi connectivity index (χ0n) is 11.6. The monoisotopic (exact) mass is 250 g/mol. The first-order valence-corrected chi connectivity index (χ1v) is 6.35. The molecule has 0 spiro atoms. The van der Waals surface area contributed by atoms with E-state index in [1.165, 1.54) is 0 Å². The zero-order valence-corrected chi connectivity index (χ0v) is 11.6. The van der Waals surface area contributed by atoms with Crippen LogP contribution in [-0.2, 0) is 11.2 Å². The van der Waals surface area contributed by atoms with Gasteiger partial charge in [-0.1, -0.05) is 19.9 Å². The standard InChI is InChI=1S/C15H22O3/c1-10(2)9-18-14-8-11(3)13(7-12(14)4)5-6-15(16)17/h7-8,10H,5-6,9H2,1-4H3,(H,16,17). The minimum Gasteiger partial charge on any atom is -0.493 e. The summed E-state index contributed by atoms with van der Waals surface area (Å²) in [6.45, 7) is 8.93. The van der Waals surface area contributed by atoms with Crippen LogP contribution in [0.25, 0.3) is 0 Å². The average molecular weight is 250 g/mol. The highest BCUT2D eigenvalue weighted by Gasteiger charge is 2.08. The second kappa shape index (κ2) is 6.43. The first kappa shape index (κ1) is 14.6. The van der Waals surface area contributed by atoms with Gasteiger partial charge in [-0.3, -0.25) is 4.79 Å². The predicted octanol–water partition coefficient (Wildman–Crippen LogP) is 3.36. The third-order valence-electron chi connectivity index (χ3n) is 2.81. The molecule has 0 aliphatic carbocycles. The molecule has 0 aliphatic rings. The molecule has 0 saturated heterocycles. The molecule has 0 unspecified atom stereocenters. The fourth-order valence-electron chi connectivity index (χ4n) is 1.77. The first-order chi connectivity index (χ1) is 8.40. The predicted molar refractivity (Wildman–Crippen MR) is 72.2 cm³/mol. The first-order valence-electron chi connectivity index (χ1n) is 6.35. The molecule has 0 heterocycles. The van der Waals surface area contributed by atoms with Crippen molar-refractivity contribution < 1.29 is 14.6 Å². The van der Waals surface area contributed by atoms with Gasteiger partial charge in [-0.2, -0.15) is 0 Å². The lowest BCUT2D eigenvalue weighted by Crippen LogP contribution is -2.06. The number of carbonyl (C=O) groups is 1. The molecule has 18 heavy (non-hydrogen) atoms. The Kier molecular flexibility index (Phi) is 5.20. The average Bonchev–Trinajstić information content (AvgIpc) is 2.27. The highest BCUT2D eigenvalue weighted by molar-refractivity contribution is 5.67. The number of hydrogen-bond donors (Lipinski definition) is 1. The summed E-state index contributed by atoms with van der Waals surface area (Å²) in [6.07, 6.45) is 0.749. The molecule has 0 radical (unpaired) electrons. The van der Waals surface area contributed by atoms with Crippen LogP contribution in [0.4, 0.5) is 0 Å². The summed E-state index contributed by atoms with van der Waals surface area (Å²) in [4.78, 5) is 10.6. The molecule has 1 aromatic carbocycles. The minimum atomic E-state index is -0.757. The third kappa shape index (κ3) is 4.40. The van der Waals surface area contributed by atoms with E-state index in [9.17, 15) is 4.79 Å². The summed E-state index contributed by atoms with van der Waals surface area (Å²) in [7, 11) is 0. The van der Waals surface area contributed by atoms with Crippen LogP contribution in [0, 0.1) is 19.8 Å². The molecule has 0 aromatic heterocycles. The van der Waals surface area contributed by atoms with Crippen LogP contribution in [0.15, 0.2) is 12.1 Å². The number of benzene rings is 1. The Bertz CT molecular complexity index is 422. The Morgan fingerprint density at radius 3 is 2.50 bits per heavy atom. The summed E-state index contributed by atoms with van der Waals surface area (Å²) >= 11 is 0. The van der Waals surface area contributed by atoms with E-state index in [2.05, 4.69) is 13.8 Å². The van der Waals surface area contributed by atoms with Crippen molar-refractivity contribution in [3.05, 3.63) is 28.8 Å². The molecule has 3 nitrogen and oxygen atoms in total. The van der Waals surface area contributed by atoms with Gasteiger partial charge in [-0.25, -0.2) is 0 Å². The molecule has 1 aromatic rings. The van der Waals surface area contributed by atoms with Crippen LogP contribution >= 0.6 is 0 Å². The summed E-state index contributed by atoms with van der Waals surface area (Å²) in [5, 5.41) is 8.71. The van der Waals surface area contributed by atoms with Crippen LogP contribution in [0.1, 0.15) is 37.0 Å². The maximum absolute atomic E-state index is 10.6. The van der Waals surface area contributed by atoms with Crippen molar-refractivity contribution in [3.8, 4) is 5.75 Å². The summed E-state index contributed by atoms with van der Waals surface area (Å²) < 4.78 is 5.74. The maximum atomic E-state index is 10.6. The van der Waals surface area contributed by atoms with Crippen LogP contribution in [0.2, 0.25) is 0 Å². The van der Waals surface area contributed by atoms with Gasteiger partial charge >= 0.3 is 5.97 Å². The highest BCUT2D eigenvalue weighted by Crippen LogP contribution is 2.24. The van der Waals surface area contributed by atoms with E-state index in [-0.39, 0.29) is 6.42 Å². The fourth-order valence-corrected chi connectivity index (χ4v) is 1.77. The Morgan fingerprint density at radius 2 is 1.94 bits per heavy atom. The van der Waals surface area contributed by atoms with Gasteiger partial charge in [0.15, 0.2) is 0 Å². The molecule has 0 amide bonds. The molecular formula is C15H22O3. The topological polar surface area (TPSA) is 46.5 Å². The highest BCUT2D eigenvalue weighted by atomic mass is 16.5. The number of hydrogen-bond acceptors (Lipinski definition) is 2. The molecule has 1 N–H and O–H groups in total. The maximum Gasteiger partial charge on any atom is 0.303 e. The van der Waals surface area contributed by atoms with Crippen LogP contribution in [0.3, 0.4) is 0 Å². The SMILES string of the molecule is Cc1cc(OCC(C)C)c(C)cc1CCC(=O)O. The van der Waals surface area contributed by atoms with Crippen molar-refractivity contribution in [3.63, 3.8) is 0 Å². The normalized spacial score (nSPS) is 10.7. The largest absolute Gasteiger partial charge is 0.493 e. The molecule has 0 saturated carbocycles. The number of ether oxygens (including phenoxy) is 1. The molecule has 3 heteroatoms. The number of rotatable bonds is 6. The van der Waals surface area contributed by atoms with Gasteiger partial charge in [0, 0.05) is 6.42 Å². The van der Waals surface area contributed by atoms with Crippen molar-refractivity contribution >= 4 is 5.97 Å². The zero-order chi connectivity index (χ0) is 13.7. The smallest absolute Gasteiger partial charge is 0.303 e. The van der Waals surface area contributed by atoms with E-state index >= 15 is 0 Å². The van der Waals surface area contributed by atoms with E-state index in [0.717, 1.165) is 22.4 Å². The second-order valence-electron chi connectivity index (χ2n) is 5.14. The molecular weight excluding hydrogens is 228 g/mol. The Hall–Kier alpha value is -1.51. The third-order valence-corrected chi connectivity index (χ3v) is 2.81. The van der Waals surface area contributed by atoms with Gasteiger partial charge < -0.3 is 9.84 Å². The molecule has 0 aliphatic heterocycles. The molecule has 0 fully saturated rings. The lowest BCUT2D eigenvalue weighted by molar-refractivity contribution is -0.136. The van der Waals surface area contributed by atoms with Crippen molar-refractivity contribution in [2.75, 3.05) is 6.61 Å². The number of aliphatic carboxylic acids is 1. The van der Waals surface area contributed by atoms with Crippen LogP contribution in [0.5, 0.6) is 5.75 Å². The number of carboxylic acid groups (broad SMARTS) is 1. The van der Waals surface area contributed by atoms with E-state index in [1.807, 2.05) is 26.0 Å². The Labute approximate surface area is 109 Å². The lowest BCUT2D eigenvalue weighted by atomic mass is 10.0. The number of carboxylic acids is 1. The lowest BCUT2D eigenvalue weighted by Gasteiger charge is -2.14. The van der Waals surface area contributed by atoms with Crippen LogP contribution in [-0.4, -0.2) is 17.7 Å². The molecule has 0 bridgehead atoms. The van der Waals surface area contributed by atoms with Gasteiger partial charge in [0.05, 0.1) is 6.61 Å². The van der Waals surface area contributed by atoms with Gasteiger partial charge in [-0.15, -0.1) is 0 Å². The van der Waals surface area contributed by atoms with Crippen molar-refractivity contribution in [2.45, 2.75) is 40.5 Å². The van der Waals surface area contributed by atoms with E-state index < -0.39 is 5.97 Å². The van der Waals surface area contributed by atoms with Gasteiger partial charge in [0.25, 0.3) is 0 Å². The summed E-state index contributed by atoms with van der Waals surface area (Å²) in [5.74, 6) is 0.642. The van der Waals surface area contributed by atoms with Crippen molar-refractivity contribution in [1.29, 1.82) is 0 Å². The fraction of sp³-hybridized carbons (Fsp3) is 0.533. The molecule has 0 atom stereocenters. The van der Waals surface area contributed by atoms with Gasteiger partial charge in [0.2, 0.25) is 0 Å². The number of aryl methyl sites for hydroxylation is 3.